The van der Waals surface area contributed by atoms with Crippen LogP contribution in [0.1, 0.15) is 71.6 Å². The maximum absolute atomic E-state index is 12.9. The van der Waals surface area contributed by atoms with Crippen LogP contribution in [-0.2, 0) is 23.9 Å². The molecule has 4 fully saturated rings. The molecule has 158 valence electrons. The predicted octanol–water partition coefficient (Wildman–Crippen LogP) is 3.99. The molecule has 5 heteroatoms. The lowest BCUT2D eigenvalue weighted by Gasteiger charge is -2.59. The zero-order chi connectivity index (χ0) is 20.6. The van der Waals surface area contributed by atoms with E-state index >= 15 is 0 Å². The number of carbonyl (C=O) groups is 3. The largest absolute Gasteiger partial charge is 0.469 e. The summed E-state index contributed by atoms with van der Waals surface area (Å²) in [5.41, 5.74) is 0.716. The van der Waals surface area contributed by atoms with E-state index in [2.05, 4.69) is 19.9 Å². The van der Waals surface area contributed by atoms with Crippen molar-refractivity contribution in [3.8, 4) is 0 Å². The van der Waals surface area contributed by atoms with Gasteiger partial charge in [-0.25, -0.2) is 0 Å². The number of fused-ring (bicyclic) bond motifs is 6. The third-order valence-electron chi connectivity index (χ3n) is 9.80. The van der Waals surface area contributed by atoms with E-state index in [0.29, 0.717) is 31.1 Å². The average molecular weight is 401 g/mol. The summed E-state index contributed by atoms with van der Waals surface area (Å²) in [5, 5.41) is 0. The Morgan fingerprint density at radius 3 is 2.52 bits per heavy atom. The molecule has 5 rings (SSSR count). The van der Waals surface area contributed by atoms with Crippen molar-refractivity contribution < 1.29 is 23.9 Å². The molecule has 1 heterocycles. The maximum Gasteiger partial charge on any atom is 0.312 e. The Hall–Kier alpha value is -1.65. The van der Waals surface area contributed by atoms with Crippen LogP contribution >= 0.6 is 0 Å². The molecule has 5 nitrogen and oxygen atoms in total. The topological polar surface area (TPSA) is 69.7 Å². The summed E-state index contributed by atoms with van der Waals surface area (Å²) in [5.74, 6) is 0.656. The molecule has 0 amide bonds. The standard InChI is InChI=1S/C24H32O5/c1-22-8-4-15(25)12-14(22)13-16(21(27)28-3)20-17(22)5-9-23(2)18(20)6-10-24(23)11-7-19(26)29-24/h13,16-18,20H,4-12H2,1-3H3/t16-,17?,18?,20?,22?,23?,24-/m1/s1. The SMILES string of the molecule is COC(=O)[C@@H]1C=C2CC(=O)CCC2(C)C2CCC3(C)C(CC[C@@]34CCC(=O)O4)C21. The predicted molar refractivity (Wildman–Crippen MR) is 106 cm³/mol. The summed E-state index contributed by atoms with van der Waals surface area (Å²) in [4.78, 5) is 37.2. The molecule has 5 aliphatic rings. The molecule has 1 aliphatic heterocycles. The van der Waals surface area contributed by atoms with E-state index in [1.165, 1.54) is 7.11 Å². The van der Waals surface area contributed by atoms with Gasteiger partial charge in [-0.05, 0) is 61.7 Å². The van der Waals surface area contributed by atoms with E-state index in [0.717, 1.165) is 44.1 Å². The summed E-state index contributed by atoms with van der Waals surface area (Å²) in [6, 6.07) is 0. The molecule has 0 bridgehead atoms. The molecule has 4 aliphatic carbocycles. The van der Waals surface area contributed by atoms with Gasteiger partial charge in [0.05, 0.1) is 13.0 Å². The van der Waals surface area contributed by atoms with Crippen LogP contribution in [-0.4, -0.2) is 30.4 Å². The second kappa shape index (κ2) is 6.18. The number of hydrogen-bond acceptors (Lipinski definition) is 5. The molecule has 0 radical (unpaired) electrons. The van der Waals surface area contributed by atoms with Gasteiger partial charge in [-0.3, -0.25) is 14.4 Å². The Labute approximate surface area is 172 Å². The van der Waals surface area contributed by atoms with Gasteiger partial charge in [0, 0.05) is 24.7 Å². The number of ketones is 1. The first kappa shape index (κ1) is 19.3. The highest BCUT2D eigenvalue weighted by molar-refractivity contribution is 5.84. The van der Waals surface area contributed by atoms with E-state index in [1.54, 1.807) is 0 Å². The highest BCUT2D eigenvalue weighted by Gasteiger charge is 2.68. The van der Waals surface area contributed by atoms with Crippen LogP contribution in [0.3, 0.4) is 0 Å². The Bertz CT molecular complexity index is 814. The molecule has 29 heavy (non-hydrogen) atoms. The number of hydrogen-bond donors (Lipinski definition) is 0. The molecular formula is C24H32O5. The smallest absolute Gasteiger partial charge is 0.312 e. The van der Waals surface area contributed by atoms with Gasteiger partial charge in [0.25, 0.3) is 0 Å². The minimum absolute atomic E-state index is 0.00741. The van der Waals surface area contributed by atoms with Crippen molar-refractivity contribution in [2.24, 2.45) is 34.5 Å². The molecular weight excluding hydrogens is 368 g/mol. The van der Waals surface area contributed by atoms with Crippen LogP contribution in [0.2, 0.25) is 0 Å². The van der Waals surface area contributed by atoms with Gasteiger partial charge in [0.2, 0.25) is 0 Å². The lowest BCUT2D eigenvalue weighted by atomic mass is 9.45. The van der Waals surface area contributed by atoms with Crippen molar-refractivity contribution in [3.63, 3.8) is 0 Å². The van der Waals surface area contributed by atoms with Crippen molar-refractivity contribution in [2.75, 3.05) is 7.11 Å². The van der Waals surface area contributed by atoms with E-state index in [-0.39, 0.29) is 46.0 Å². The fourth-order valence-corrected chi connectivity index (χ4v) is 8.16. The highest BCUT2D eigenvalue weighted by atomic mass is 16.6. The van der Waals surface area contributed by atoms with E-state index < -0.39 is 0 Å². The second-order valence-electron chi connectivity index (χ2n) is 10.6. The zero-order valence-electron chi connectivity index (χ0n) is 17.8. The van der Waals surface area contributed by atoms with Crippen molar-refractivity contribution in [3.05, 3.63) is 11.6 Å². The second-order valence-corrected chi connectivity index (χ2v) is 10.6. The number of Topliss-reactive ketones (excluding diaryl/α,β-unsaturated/α-hetero) is 1. The molecule has 0 aromatic rings. The lowest BCUT2D eigenvalue weighted by molar-refractivity contribution is -0.173. The average Bonchev–Trinajstić information content (AvgIpc) is 3.22. The minimum Gasteiger partial charge on any atom is -0.469 e. The normalized spacial score (nSPS) is 48.4. The first-order valence-electron chi connectivity index (χ1n) is 11.3. The first-order chi connectivity index (χ1) is 13.7. The number of rotatable bonds is 1. The molecule has 1 spiro atoms. The highest BCUT2D eigenvalue weighted by Crippen LogP contribution is 2.70. The van der Waals surface area contributed by atoms with Crippen molar-refractivity contribution in [2.45, 2.75) is 77.2 Å². The van der Waals surface area contributed by atoms with Gasteiger partial charge in [-0.1, -0.05) is 25.5 Å². The molecule has 0 aromatic carbocycles. The number of carbonyl (C=O) groups excluding carboxylic acids is 3. The fourth-order valence-electron chi connectivity index (χ4n) is 8.16. The third-order valence-corrected chi connectivity index (χ3v) is 9.80. The maximum atomic E-state index is 12.9. The van der Waals surface area contributed by atoms with E-state index in [9.17, 15) is 14.4 Å². The summed E-state index contributed by atoms with van der Waals surface area (Å²) in [6.45, 7) is 4.62. The fraction of sp³-hybridized carbons (Fsp3) is 0.792. The van der Waals surface area contributed by atoms with Crippen molar-refractivity contribution in [1.29, 1.82) is 0 Å². The molecule has 0 N–H and O–H groups in total. The number of methoxy groups -OCH3 is 1. The summed E-state index contributed by atoms with van der Waals surface area (Å²) < 4.78 is 11.3. The third kappa shape index (κ3) is 2.42. The van der Waals surface area contributed by atoms with Crippen molar-refractivity contribution in [1.82, 2.24) is 0 Å². The quantitative estimate of drug-likeness (QED) is 0.492. The van der Waals surface area contributed by atoms with Gasteiger partial charge < -0.3 is 9.47 Å². The van der Waals surface area contributed by atoms with Crippen LogP contribution in [0.15, 0.2) is 11.6 Å². The summed E-state index contributed by atoms with van der Waals surface area (Å²) in [6.07, 6.45) is 9.38. The summed E-state index contributed by atoms with van der Waals surface area (Å²) in [7, 11) is 1.46. The Morgan fingerprint density at radius 2 is 1.83 bits per heavy atom. The number of allylic oxidation sites excluding steroid dienone is 1. The molecule has 3 saturated carbocycles. The van der Waals surface area contributed by atoms with Gasteiger partial charge in [-0.15, -0.1) is 0 Å². The summed E-state index contributed by atoms with van der Waals surface area (Å²) >= 11 is 0. The van der Waals surface area contributed by atoms with Crippen LogP contribution in [0.5, 0.6) is 0 Å². The molecule has 0 aromatic heterocycles. The first-order valence-corrected chi connectivity index (χ1v) is 11.3. The van der Waals surface area contributed by atoms with Gasteiger partial charge in [0.1, 0.15) is 11.4 Å². The van der Waals surface area contributed by atoms with Gasteiger partial charge in [-0.2, -0.15) is 0 Å². The van der Waals surface area contributed by atoms with E-state index in [4.69, 9.17) is 9.47 Å². The van der Waals surface area contributed by atoms with Crippen LogP contribution in [0.25, 0.3) is 0 Å². The Kier molecular flexibility index (Phi) is 4.12. The lowest BCUT2D eigenvalue weighted by Crippen LogP contribution is -2.57. The van der Waals surface area contributed by atoms with Crippen LogP contribution in [0.4, 0.5) is 0 Å². The zero-order valence-corrected chi connectivity index (χ0v) is 17.8. The minimum atomic E-state index is -0.353. The monoisotopic (exact) mass is 400 g/mol. The van der Waals surface area contributed by atoms with Gasteiger partial charge in [0.15, 0.2) is 0 Å². The van der Waals surface area contributed by atoms with Crippen LogP contribution < -0.4 is 0 Å². The van der Waals surface area contributed by atoms with Crippen molar-refractivity contribution >= 4 is 17.7 Å². The Balaban J connectivity index is 1.59. The number of esters is 2. The van der Waals surface area contributed by atoms with Crippen LogP contribution in [0, 0.1) is 34.5 Å². The Morgan fingerprint density at radius 1 is 1.07 bits per heavy atom. The van der Waals surface area contributed by atoms with E-state index in [1.807, 2.05) is 0 Å². The number of ether oxygens (including phenoxy) is 2. The van der Waals surface area contributed by atoms with Gasteiger partial charge >= 0.3 is 11.9 Å². The molecule has 1 saturated heterocycles. The molecule has 5 unspecified atom stereocenters. The molecule has 7 atom stereocenters.